The van der Waals surface area contributed by atoms with Crippen LogP contribution in [-0.4, -0.2) is 40.0 Å². The highest BCUT2D eigenvalue weighted by molar-refractivity contribution is 5.84. The van der Waals surface area contributed by atoms with Crippen molar-refractivity contribution in [3.05, 3.63) is 62.9 Å². The lowest BCUT2D eigenvalue weighted by atomic mass is 9.78. The van der Waals surface area contributed by atoms with Crippen LogP contribution in [0.15, 0.2) is 46.1 Å². The maximum atomic E-state index is 12.8. The number of anilines is 1. The van der Waals surface area contributed by atoms with Gasteiger partial charge in [0.05, 0.1) is 10.9 Å². The van der Waals surface area contributed by atoms with Crippen molar-refractivity contribution in [3.63, 3.8) is 0 Å². The first-order valence-corrected chi connectivity index (χ1v) is 11.8. The quantitative estimate of drug-likeness (QED) is 0.533. The number of fused-ring (bicyclic) bond motifs is 1. The molecule has 34 heavy (non-hydrogen) atoms. The van der Waals surface area contributed by atoms with Crippen LogP contribution in [0.4, 0.5) is 5.82 Å². The smallest absolute Gasteiger partial charge is 0.350 e. The summed E-state index contributed by atoms with van der Waals surface area (Å²) in [6.45, 7) is 8.26. The summed E-state index contributed by atoms with van der Waals surface area (Å²) in [4.78, 5) is 32.4. The van der Waals surface area contributed by atoms with Gasteiger partial charge in [0.1, 0.15) is 18.2 Å². The van der Waals surface area contributed by atoms with Crippen molar-refractivity contribution in [3.8, 4) is 5.75 Å². The molecule has 2 unspecified atom stereocenters. The van der Waals surface area contributed by atoms with Crippen LogP contribution >= 0.6 is 0 Å². The Kier molecular flexibility index (Phi) is 5.39. The first-order valence-electron chi connectivity index (χ1n) is 11.8. The van der Waals surface area contributed by atoms with Gasteiger partial charge in [-0.05, 0) is 37.3 Å². The Morgan fingerprint density at radius 3 is 2.59 bits per heavy atom. The molecule has 2 atom stereocenters. The number of aryl methyl sites for hydroxylation is 1. The molecular formula is C25H32N6O3. The number of nitrogens with zero attached hydrogens (tertiary/aromatic N) is 4. The summed E-state index contributed by atoms with van der Waals surface area (Å²) < 4.78 is 8.31. The number of benzene rings is 1. The standard InChI is InChI=1S/C25H32N6O3/c1-15-21-18(23(32)31(27)24(33)30(21)16-9-10-16)11-28-22(15)29-12-19(25(2,3)14-29)20(26)13-34-17-7-5-4-6-8-17/h4-8,11,16,19-20H,9-10,12-14,26-27H2,1-3H3. The van der Waals surface area contributed by atoms with Crippen molar-refractivity contribution in [2.24, 2.45) is 17.1 Å². The van der Waals surface area contributed by atoms with E-state index in [0.29, 0.717) is 28.7 Å². The lowest BCUT2D eigenvalue weighted by molar-refractivity contribution is 0.185. The molecule has 9 heteroatoms. The second kappa shape index (κ2) is 8.16. The fraction of sp³-hybridized carbons (Fsp3) is 0.480. The van der Waals surface area contributed by atoms with Crippen LogP contribution in [0.1, 0.15) is 38.3 Å². The van der Waals surface area contributed by atoms with E-state index in [2.05, 4.69) is 23.7 Å². The van der Waals surface area contributed by atoms with Gasteiger partial charge in [0.15, 0.2) is 0 Å². The normalized spacial score (nSPS) is 20.6. The molecule has 2 aliphatic rings. The Bertz CT molecular complexity index is 1340. The number of hydrogen-bond acceptors (Lipinski definition) is 7. The Labute approximate surface area is 197 Å². The number of para-hydroxylation sites is 1. The molecule has 0 spiro atoms. The lowest BCUT2D eigenvalue weighted by Crippen LogP contribution is -2.44. The van der Waals surface area contributed by atoms with E-state index in [9.17, 15) is 9.59 Å². The average molecular weight is 465 g/mol. The van der Waals surface area contributed by atoms with Gasteiger partial charge in [0.2, 0.25) is 0 Å². The summed E-state index contributed by atoms with van der Waals surface area (Å²) in [6.07, 6.45) is 3.36. The van der Waals surface area contributed by atoms with Gasteiger partial charge in [-0.1, -0.05) is 32.0 Å². The van der Waals surface area contributed by atoms with Gasteiger partial charge in [-0.2, -0.15) is 4.68 Å². The number of pyridine rings is 1. The molecule has 5 rings (SSSR count). The molecular weight excluding hydrogens is 432 g/mol. The number of aromatic nitrogens is 3. The minimum atomic E-state index is -0.515. The van der Waals surface area contributed by atoms with E-state index in [0.717, 1.165) is 36.5 Å². The third-order valence-corrected chi connectivity index (χ3v) is 7.30. The highest BCUT2D eigenvalue weighted by atomic mass is 16.5. The van der Waals surface area contributed by atoms with E-state index < -0.39 is 11.2 Å². The molecule has 1 aliphatic heterocycles. The number of nitrogens with two attached hydrogens (primary N) is 2. The maximum Gasteiger partial charge on any atom is 0.350 e. The summed E-state index contributed by atoms with van der Waals surface area (Å²) in [5, 5.41) is 0.373. The van der Waals surface area contributed by atoms with Gasteiger partial charge < -0.3 is 21.2 Å². The Morgan fingerprint density at radius 2 is 1.91 bits per heavy atom. The maximum absolute atomic E-state index is 12.8. The zero-order chi connectivity index (χ0) is 24.2. The fourth-order valence-corrected chi connectivity index (χ4v) is 5.34. The van der Waals surface area contributed by atoms with Crippen molar-refractivity contribution in [1.82, 2.24) is 14.2 Å². The molecule has 0 amide bonds. The SMILES string of the molecule is Cc1c(N2CC(C(N)COc3ccccc3)C(C)(C)C2)ncc2c(=O)n(N)c(=O)n(C3CC3)c12. The molecule has 1 aromatic carbocycles. The molecule has 1 saturated carbocycles. The topological polar surface area (TPSA) is 121 Å². The highest BCUT2D eigenvalue weighted by Gasteiger charge is 2.44. The van der Waals surface area contributed by atoms with E-state index >= 15 is 0 Å². The van der Waals surface area contributed by atoms with Crippen LogP contribution < -0.4 is 32.5 Å². The number of nitrogen functional groups attached to an aromatic ring is 1. The minimum absolute atomic E-state index is 0.0701. The van der Waals surface area contributed by atoms with Gasteiger partial charge >= 0.3 is 5.69 Å². The summed E-state index contributed by atoms with van der Waals surface area (Å²) in [6, 6.07) is 9.61. The zero-order valence-corrected chi connectivity index (χ0v) is 19.9. The van der Waals surface area contributed by atoms with Crippen LogP contribution in [-0.2, 0) is 0 Å². The first kappa shape index (κ1) is 22.5. The van der Waals surface area contributed by atoms with Gasteiger partial charge in [0.25, 0.3) is 5.56 Å². The second-order valence-corrected chi connectivity index (χ2v) is 10.3. The van der Waals surface area contributed by atoms with Crippen LogP contribution in [0, 0.1) is 18.3 Å². The molecule has 0 radical (unpaired) electrons. The van der Waals surface area contributed by atoms with Crippen molar-refractivity contribution < 1.29 is 4.74 Å². The van der Waals surface area contributed by atoms with Crippen molar-refractivity contribution in [2.45, 2.75) is 45.7 Å². The lowest BCUT2D eigenvalue weighted by Gasteiger charge is -2.30. The Morgan fingerprint density at radius 1 is 1.21 bits per heavy atom. The van der Waals surface area contributed by atoms with Crippen LogP contribution in [0.2, 0.25) is 0 Å². The molecule has 2 aromatic heterocycles. The fourth-order valence-electron chi connectivity index (χ4n) is 5.34. The Hall–Kier alpha value is -3.33. The molecule has 0 bridgehead atoms. The molecule has 180 valence electrons. The molecule has 3 aromatic rings. The minimum Gasteiger partial charge on any atom is -0.492 e. The third kappa shape index (κ3) is 3.73. The van der Waals surface area contributed by atoms with Gasteiger partial charge in [0, 0.05) is 42.9 Å². The van der Waals surface area contributed by atoms with Crippen molar-refractivity contribution in [2.75, 3.05) is 30.4 Å². The van der Waals surface area contributed by atoms with Crippen LogP contribution in [0.5, 0.6) is 5.75 Å². The summed E-state index contributed by atoms with van der Waals surface area (Å²) >= 11 is 0. The highest BCUT2D eigenvalue weighted by Crippen LogP contribution is 2.41. The van der Waals surface area contributed by atoms with Crippen LogP contribution in [0.3, 0.4) is 0 Å². The number of ether oxygens (including phenoxy) is 1. The summed E-state index contributed by atoms with van der Waals surface area (Å²) in [7, 11) is 0. The van der Waals surface area contributed by atoms with Gasteiger partial charge in [-0.25, -0.2) is 9.78 Å². The average Bonchev–Trinajstić information content (AvgIpc) is 3.60. The second-order valence-electron chi connectivity index (χ2n) is 10.3. The number of rotatable bonds is 6. The van der Waals surface area contributed by atoms with E-state index in [4.69, 9.17) is 16.3 Å². The first-order chi connectivity index (χ1) is 16.2. The zero-order valence-electron chi connectivity index (χ0n) is 19.9. The van der Waals surface area contributed by atoms with E-state index in [1.54, 1.807) is 10.8 Å². The molecule has 9 nitrogen and oxygen atoms in total. The van der Waals surface area contributed by atoms with Crippen LogP contribution in [0.25, 0.3) is 10.9 Å². The van der Waals surface area contributed by atoms with Crippen molar-refractivity contribution in [1.29, 1.82) is 0 Å². The summed E-state index contributed by atoms with van der Waals surface area (Å²) in [5.41, 5.74) is 7.03. The monoisotopic (exact) mass is 464 g/mol. The van der Waals surface area contributed by atoms with Gasteiger partial charge in [-0.3, -0.25) is 9.36 Å². The molecule has 1 saturated heterocycles. The third-order valence-electron chi connectivity index (χ3n) is 7.30. The number of hydrogen-bond donors (Lipinski definition) is 2. The molecule has 2 fully saturated rings. The molecule has 4 N–H and O–H groups in total. The molecule has 3 heterocycles. The largest absolute Gasteiger partial charge is 0.492 e. The van der Waals surface area contributed by atoms with E-state index in [1.165, 1.54) is 0 Å². The van der Waals surface area contributed by atoms with Gasteiger partial charge in [-0.15, -0.1) is 0 Å². The van der Waals surface area contributed by atoms with E-state index in [1.807, 2.05) is 37.3 Å². The summed E-state index contributed by atoms with van der Waals surface area (Å²) in [5.74, 6) is 7.55. The van der Waals surface area contributed by atoms with Crippen molar-refractivity contribution >= 4 is 16.7 Å². The Balaban J connectivity index is 1.47. The molecule has 1 aliphatic carbocycles. The predicted molar refractivity (Wildman–Crippen MR) is 133 cm³/mol. The van der Waals surface area contributed by atoms with E-state index in [-0.39, 0.29) is 23.4 Å². The predicted octanol–water partition coefficient (Wildman–Crippen LogP) is 1.78.